The zero-order valence-electron chi connectivity index (χ0n) is 16.1. The molecule has 0 aliphatic carbocycles. The summed E-state index contributed by atoms with van der Waals surface area (Å²) in [6.07, 6.45) is 6.36. The van der Waals surface area contributed by atoms with Gasteiger partial charge < -0.3 is 4.98 Å². The molecule has 2 aromatic heterocycles. The van der Waals surface area contributed by atoms with E-state index in [1.165, 1.54) is 63.9 Å². The fourth-order valence-corrected chi connectivity index (χ4v) is 6.04. The van der Waals surface area contributed by atoms with Crippen molar-refractivity contribution in [3.63, 3.8) is 0 Å². The van der Waals surface area contributed by atoms with Crippen LogP contribution in [0.5, 0.6) is 0 Å². The molecule has 0 atom stereocenters. The Hall–Kier alpha value is -3.36. The van der Waals surface area contributed by atoms with Crippen LogP contribution in [0.15, 0.2) is 73.3 Å². The number of hydrogen-bond acceptors (Lipinski definition) is 1. The molecule has 0 radical (unpaired) electrons. The summed E-state index contributed by atoms with van der Waals surface area (Å²) in [4.78, 5) is 3.68. The average molecular weight is 390 g/mol. The Morgan fingerprint density at radius 3 is 2.28 bits per heavy atom. The Balaban J connectivity index is 1.92. The predicted molar refractivity (Wildman–Crippen MR) is 131 cm³/mol. The van der Waals surface area contributed by atoms with Crippen LogP contribution in [-0.4, -0.2) is 4.98 Å². The molecule has 0 unspecified atom stereocenters. The van der Waals surface area contributed by atoms with Crippen LogP contribution >= 0.6 is 11.3 Å². The molecule has 0 saturated heterocycles. The van der Waals surface area contributed by atoms with Crippen molar-refractivity contribution in [2.24, 2.45) is 0 Å². The number of aromatic nitrogens is 1. The van der Waals surface area contributed by atoms with Gasteiger partial charge in [0.15, 0.2) is 0 Å². The van der Waals surface area contributed by atoms with E-state index < -0.39 is 0 Å². The molecule has 2 heteroatoms. The second-order valence-corrected chi connectivity index (χ2v) is 8.44. The Kier molecular flexibility index (Phi) is 3.47. The highest BCUT2D eigenvalue weighted by Gasteiger charge is 2.18. The summed E-state index contributed by atoms with van der Waals surface area (Å²) in [6, 6.07) is 21.8. The van der Waals surface area contributed by atoms with Gasteiger partial charge in [-0.15, -0.1) is 11.3 Å². The minimum atomic E-state index is 1.19. The number of thiophene rings is 1. The highest BCUT2D eigenvalue weighted by atomic mass is 32.1. The van der Waals surface area contributed by atoms with Crippen molar-refractivity contribution in [1.29, 1.82) is 0 Å². The van der Waals surface area contributed by atoms with Gasteiger partial charge in [0.1, 0.15) is 0 Å². The molecule has 4 aromatic carbocycles. The Morgan fingerprint density at radius 2 is 1.48 bits per heavy atom. The normalized spacial score (nSPS) is 12.3. The molecule has 2 heterocycles. The molecule has 0 aliphatic rings. The second kappa shape index (κ2) is 6.07. The Bertz CT molecular complexity index is 1630. The van der Waals surface area contributed by atoms with Crippen LogP contribution in [0.4, 0.5) is 0 Å². The van der Waals surface area contributed by atoms with Crippen LogP contribution < -0.4 is 0 Å². The van der Waals surface area contributed by atoms with E-state index in [1.54, 1.807) is 0 Å². The molecule has 6 aromatic rings. The molecule has 138 valence electrons. The van der Waals surface area contributed by atoms with E-state index in [0.29, 0.717) is 0 Å². The van der Waals surface area contributed by atoms with E-state index >= 15 is 0 Å². The maximum absolute atomic E-state index is 4.14. The maximum Gasteiger partial charge on any atom is 0.0646 e. The van der Waals surface area contributed by atoms with Crippen molar-refractivity contribution in [1.82, 2.24) is 4.98 Å². The SMILES string of the molecule is C=Cc1c(/C=C\C)c2c3ccc4c5ccccc5[nH]c4c3sc2c2ccccc12. The molecule has 0 fully saturated rings. The van der Waals surface area contributed by atoms with E-state index in [-0.39, 0.29) is 0 Å². The zero-order chi connectivity index (χ0) is 19.5. The van der Waals surface area contributed by atoms with Gasteiger partial charge in [-0.1, -0.05) is 79.4 Å². The van der Waals surface area contributed by atoms with E-state index in [1.807, 2.05) is 17.4 Å². The Morgan fingerprint density at radius 1 is 0.759 bits per heavy atom. The number of allylic oxidation sites excluding steroid dienone is 1. The first-order valence-corrected chi connectivity index (χ1v) is 10.7. The minimum absolute atomic E-state index is 1.19. The third-order valence-electron chi connectivity index (χ3n) is 5.89. The lowest BCUT2D eigenvalue weighted by atomic mass is 9.93. The first kappa shape index (κ1) is 16.6. The summed E-state index contributed by atoms with van der Waals surface area (Å²) in [5.41, 5.74) is 4.90. The summed E-state index contributed by atoms with van der Waals surface area (Å²) < 4.78 is 2.67. The van der Waals surface area contributed by atoms with Crippen molar-refractivity contribution in [3.8, 4) is 0 Å². The standard InChI is InChI=1S/C27H19NS/c1-3-9-19-16(4-2)17-10-5-6-12-21(17)26-24(19)22-15-14-20-18-11-7-8-13-23(18)28-25(20)27(22)29-26/h3-15,28H,2H2,1H3/b9-3-. The minimum Gasteiger partial charge on any atom is -0.353 e. The quantitative estimate of drug-likeness (QED) is 0.305. The molecular formula is C27H19NS. The fraction of sp³-hybridized carbons (Fsp3) is 0.0370. The van der Waals surface area contributed by atoms with Gasteiger partial charge in [-0.05, 0) is 29.5 Å². The van der Waals surface area contributed by atoms with Gasteiger partial charge in [-0.3, -0.25) is 0 Å². The van der Waals surface area contributed by atoms with Gasteiger partial charge in [0.2, 0.25) is 0 Å². The predicted octanol–water partition coefficient (Wildman–Crippen LogP) is 8.52. The molecule has 0 amide bonds. The molecule has 0 spiro atoms. The summed E-state index contributed by atoms with van der Waals surface area (Å²) in [5, 5.41) is 7.79. The summed E-state index contributed by atoms with van der Waals surface area (Å²) in [5.74, 6) is 0. The van der Waals surface area contributed by atoms with E-state index in [4.69, 9.17) is 0 Å². The number of nitrogens with one attached hydrogen (secondary N) is 1. The van der Waals surface area contributed by atoms with Crippen LogP contribution in [0, 0.1) is 0 Å². The topological polar surface area (TPSA) is 15.8 Å². The number of benzene rings is 4. The lowest BCUT2D eigenvalue weighted by molar-refractivity contribution is 1.57. The highest BCUT2D eigenvalue weighted by Crippen LogP contribution is 2.46. The highest BCUT2D eigenvalue weighted by molar-refractivity contribution is 7.27. The third kappa shape index (κ3) is 2.15. The number of H-pyrrole nitrogens is 1. The average Bonchev–Trinajstić information content (AvgIpc) is 3.33. The Labute approximate surface area is 172 Å². The van der Waals surface area contributed by atoms with Gasteiger partial charge >= 0.3 is 0 Å². The van der Waals surface area contributed by atoms with Gasteiger partial charge in [0.05, 0.1) is 10.2 Å². The van der Waals surface area contributed by atoms with E-state index in [9.17, 15) is 0 Å². The molecule has 6 rings (SSSR count). The van der Waals surface area contributed by atoms with Crippen molar-refractivity contribution in [2.45, 2.75) is 6.92 Å². The van der Waals surface area contributed by atoms with Crippen LogP contribution in [0.1, 0.15) is 18.1 Å². The zero-order valence-corrected chi connectivity index (χ0v) is 16.9. The van der Waals surface area contributed by atoms with Gasteiger partial charge in [-0.2, -0.15) is 0 Å². The van der Waals surface area contributed by atoms with Crippen LogP contribution in [-0.2, 0) is 0 Å². The van der Waals surface area contributed by atoms with Crippen molar-refractivity contribution in [2.75, 3.05) is 0 Å². The lowest BCUT2D eigenvalue weighted by Gasteiger charge is -2.10. The maximum atomic E-state index is 4.14. The van der Waals surface area contributed by atoms with Crippen molar-refractivity contribution < 1.29 is 0 Å². The fourth-order valence-electron chi connectivity index (χ4n) is 4.68. The van der Waals surface area contributed by atoms with Crippen LogP contribution in [0.3, 0.4) is 0 Å². The second-order valence-electron chi connectivity index (χ2n) is 7.42. The van der Waals surface area contributed by atoms with Gasteiger partial charge in [0, 0.05) is 37.1 Å². The van der Waals surface area contributed by atoms with Crippen molar-refractivity contribution in [3.05, 3.63) is 84.4 Å². The third-order valence-corrected chi connectivity index (χ3v) is 7.15. The van der Waals surface area contributed by atoms with Gasteiger partial charge in [-0.25, -0.2) is 0 Å². The number of rotatable bonds is 2. The van der Waals surface area contributed by atoms with Crippen LogP contribution in [0.25, 0.3) is 64.9 Å². The summed E-state index contributed by atoms with van der Waals surface area (Å²) in [7, 11) is 0. The number of hydrogen-bond donors (Lipinski definition) is 1. The lowest BCUT2D eigenvalue weighted by Crippen LogP contribution is -1.86. The van der Waals surface area contributed by atoms with Gasteiger partial charge in [0.25, 0.3) is 0 Å². The molecule has 0 aliphatic heterocycles. The molecule has 0 bridgehead atoms. The summed E-state index contributed by atoms with van der Waals surface area (Å²) in [6.45, 7) is 6.22. The summed E-state index contributed by atoms with van der Waals surface area (Å²) >= 11 is 1.90. The van der Waals surface area contributed by atoms with E-state index in [0.717, 1.165) is 0 Å². The number of fused-ring (bicyclic) bond motifs is 9. The molecular weight excluding hydrogens is 370 g/mol. The monoisotopic (exact) mass is 389 g/mol. The molecule has 1 nitrogen and oxygen atoms in total. The number of aromatic amines is 1. The molecule has 0 saturated carbocycles. The van der Waals surface area contributed by atoms with Crippen molar-refractivity contribution >= 4 is 76.2 Å². The first-order valence-electron chi connectivity index (χ1n) is 9.87. The smallest absolute Gasteiger partial charge is 0.0646 e. The van der Waals surface area contributed by atoms with E-state index in [2.05, 4.69) is 91.3 Å². The number of para-hydroxylation sites is 1. The molecule has 29 heavy (non-hydrogen) atoms. The largest absolute Gasteiger partial charge is 0.353 e. The first-order chi connectivity index (χ1) is 14.3. The molecule has 1 N–H and O–H groups in total. The van der Waals surface area contributed by atoms with Crippen LogP contribution in [0.2, 0.25) is 0 Å².